The van der Waals surface area contributed by atoms with Crippen LogP contribution in [0.5, 0.6) is 0 Å². The summed E-state index contributed by atoms with van der Waals surface area (Å²) >= 11 is 1.51. The Bertz CT molecular complexity index is 878. The van der Waals surface area contributed by atoms with Gasteiger partial charge in [-0.15, -0.1) is 20.6 Å². The predicted octanol–water partition coefficient (Wildman–Crippen LogP) is 1.89. The molecule has 0 radical (unpaired) electrons. The van der Waals surface area contributed by atoms with E-state index in [1.807, 2.05) is 6.26 Å². The van der Waals surface area contributed by atoms with Crippen LogP contribution in [0, 0.1) is 10.1 Å². The fourth-order valence-electron chi connectivity index (χ4n) is 1.44. The van der Waals surface area contributed by atoms with Crippen LogP contribution in [0.4, 0.5) is 5.69 Å². The molecule has 0 unspecified atom stereocenters. The lowest BCUT2D eigenvalue weighted by Crippen LogP contribution is -1.97. The van der Waals surface area contributed by atoms with Crippen molar-refractivity contribution in [2.75, 3.05) is 6.26 Å². The Morgan fingerprint density at radius 1 is 1.08 bits per heavy atom. The van der Waals surface area contributed by atoms with Crippen molar-refractivity contribution < 1.29 is 13.3 Å². The van der Waals surface area contributed by atoms with E-state index in [2.05, 4.69) is 18.8 Å². The molecular weight excluding hydrogens is 354 g/mol. The van der Waals surface area contributed by atoms with Gasteiger partial charge in [0, 0.05) is 17.2 Å². The van der Waals surface area contributed by atoms with Gasteiger partial charge in [-0.2, -0.15) is 8.42 Å². The number of hydrogen-bond acceptors (Lipinski definition) is 7. The van der Waals surface area contributed by atoms with E-state index in [0.29, 0.717) is 5.69 Å². The average Bonchev–Trinajstić information content (AvgIpc) is 2.59. The SMILES string of the molecule is CSc1ccc(C=NS(=O)(=O)N=Cc2ccc([N+](=O)[O-])cn2)nc1. The van der Waals surface area contributed by atoms with E-state index in [0.717, 1.165) is 23.5 Å². The number of hydrogen-bond donors (Lipinski definition) is 0. The molecule has 0 fully saturated rings. The highest BCUT2D eigenvalue weighted by atomic mass is 32.2. The first-order valence-electron chi connectivity index (χ1n) is 6.36. The maximum Gasteiger partial charge on any atom is 0.363 e. The average molecular weight is 365 g/mol. The van der Waals surface area contributed by atoms with Crippen LogP contribution in [0.2, 0.25) is 0 Å². The third-order valence-electron chi connectivity index (χ3n) is 2.61. The highest BCUT2D eigenvalue weighted by Gasteiger charge is 2.06. The van der Waals surface area contributed by atoms with Crippen LogP contribution in [-0.4, -0.2) is 42.0 Å². The third kappa shape index (κ3) is 5.21. The number of thioether (sulfide) groups is 1. The zero-order chi connectivity index (χ0) is 17.6. The quantitative estimate of drug-likeness (QED) is 0.331. The van der Waals surface area contributed by atoms with Crippen LogP contribution in [0.15, 0.2) is 50.4 Å². The number of pyridine rings is 2. The van der Waals surface area contributed by atoms with E-state index >= 15 is 0 Å². The fraction of sp³-hybridized carbons (Fsp3) is 0.0769. The second-order valence-corrected chi connectivity index (χ2v) is 6.44. The Morgan fingerprint density at radius 2 is 1.67 bits per heavy atom. The van der Waals surface area contributed by atoms with Crippen LogP contribution in [0.3, 0.4) is 0 Å². The van der Waals surface area contributed by atoms with E-state index in [4.69, 9.17) is 0 Å². The molecule has 0 atom stereocenters. The first kappa shape index (κ1) is 17.7. The van der Waals surface area contributed by atoms with Gasteiger partial charge >= 0.3 is 10.2 Å². The van der Waals surface area contributed by atoms with Crippen LogP contribution < -0.4 is 0 Å². The standard InChI is InChI=1S/C13H11N5O4S2/c1-23-13-5-3-11(15-9-13)7-17-24(21,22)16-6-10-2-4-12(8-14-10)18(19)20/h2-9H,1H3. The van der Waals surface area contributed by atoms with E-state index in [9.17, 15) is 18.5 Å². The molecule has 11 heteroatoms. The second-order valence-electron chi connectivity index (χ2n) is 4.24. The molecule has 124 valence electrons. The summed E-state index contributed by atoms with van der Waals surface area (Å²) in [6.07, 6.45) is 6.55. The van der Waals surface area contributed by atoms with Crippen molar-refractivity contribution in [3.63, 3.8) is 0 Å². The lowest BCUT2D eigenvalue weighted by atomic mass is 10.3. The van der Waals surface area contributed by atoms with Gasteiger partial charge in [0.1, 0.15) is 6.20 Å². The topological polar surface area (TPSA) is 128 Å². The number of rotatable bonds is 6. The van der Waals surface area contributed by atoms with Crippen molar-refractivity contribution in [2.45, 2.75) is 4.90 Å². The molecular formula is C13H11N5O4S2. The van der Waals surface area contributed by atoms with Gasteiger partial charge in [-0.1, -0.05) is 0 Å². The van der Waals surface area contributed by atoms with Gasteiger partial charge in [0.2, 0.25) is 0 Å². The monoisotopic (exact) mass is 365 g/mol. The van der Waals surface area contributed by atoms with Gasteiger partial charge in [-0.3, -0.25) is 15.1 Å². The molecule has 0 saturated heterocycles. The van der Waals surface area contributed by atoms with Crippen LogP contribution in [-0.2, 0) is 10.2 Å². The first-order valence-corrected chi connectivity index (χ1v) is 8.98. The lowest BCUT2D eigenvalue weighted by molar-refractivity contribution is -0.385. The Morgan fingerprint density at radius 3 is 2.08 bits per heavy atom. The minimum atomic E-state index is -4.10. The van der Waals surface area contributed by atoms with Gasteiger partial charge in [0.15, 0.2) is 0 Å². The molecule has 2 heterocycles. The zero-order valence-corrected chi connectivity index (χ0v) is 13.9. The fourth-order valence-corrected chi connectivity index (χ4v) is 2.34. The second kappa shape index (κ2) is 7.75. The predicted molar refractivity (Wildman–Crippen MR) is 91.0 cm³/mol. The molecule has 24 heavy (non-hydrogen) atoms. The molecule has 0 aliphatic carbocycles. The van der Waals surface area contributed by atoms with Crippen molar-refractivity contribution in [2.24, 2.45) is 8.80 Å². The summed E-state index contributed by atoms with van der Waals surface area (Å²) in [6, 6.07) is 5.90. The molecule has 0 N–H and O–H groups in total. The van der Waals surface area contributed by atoms with Crippen molar-refractivity contribution in [3.05, 3.63) is 58.2 Å². The Labute approximate surface area is 141 Å². The normalized spacial score (nSPS) is 12.0. The zero-order valence-electron chi connectivity index (χ0n) is 12.3. The van der Waals surface area contributed by atoms with E-state index in [-0.39, 0.29) is 11.4 Å². The largest absolute Gasteiger partial charge is 0.363 e. The summed E-state index contributed by atoms with van der Waals surface area (Å²) in [5, 5.41) is 10.5. The van der Waals surface area contributed by atoms with Crippen LogP contribution >= 0.6 is 11.8 Å². The van der Waals surface area contributed by atoms with Gasteiger partial charge < -0.3 is 0 Å². The Balaban J connectivity index is 2.09. The first-order chi connectivity index (χ1) is 11.4. The summed E-state index contributed by atoms with van der Waals surface area (Å²) in [5.41, 5.74) is 0.328. The van der Waals surface area contributed by atoms with Crippen LogP contribution in [0.25, 0.3) is 0 Å². The molecule has 0 amide bonds. The Kier molecular flexibility index (Phi) is 5.71. The maximum absolute atomic E-state index is 11.7. The van der Waals surface area contributed by atoms with Crippen molar-refractivity contribution >= 4 is 40.1 Å². The molecule has 0 saturated carbocycles. The van der Waals surface area contributed by atoms with E-state index < -0.39 is 15.1 Å². The molecule has 2 aromatic heterocycles. The van der Waals surface area contributed by atoms with E-state index in [1.54, 1.807) is 18.3 Å². The number of nitrogens with zero attached hydrogens (tertiary/aromatic N) is 5. The minimum Gasteiger partial charge on any atom is -0.258 e. The molecule has 0 aromatic carbocycles. The highest BCUT2D eigenvalue weighted by Crippen LogP contribution is 2.12. The van der Waals surface area contributed by atoms with Gasteiger partial charge in [0.05, 0.1) is 28.7 Å². The summed E-state index contributed by atoms with van der Waals surface area (Å²) in [5.74, 6) is 0. The Hall–Kier alpha value is -2.66. The molecule has 0 aliphatic rings. The van der Waals surface area contributed by atoms with Gasteiger partial charge in [-0.05, 0) is 24.5 Å². The van der Waals surface area contributed by atoms with Gasteiger partial charge in [-0.25, -0.2) is 4.98 Å². The third-order valence-corrected chi connectivity index (χ3v) is 4.07. The van der Waals surface area contributed by atoms with Gasteiger partial charge in [0.25, 0.3) is 5.69 Å². The summed E-state index contributed by atoms with van der Waals surface area (Å²) in [6.45, 7) is 0. The van der Waals surface area contributed by atoms with Crippen molar-refractivity contribution in [1.29, 1.82) is 0 Å². The minimum absolute atomic E-state index is 0.154. The highest BCUT2D eigenvalue weighted by molar-refractivity contribution is 7.98. The molecule has 0 spiro atoms. The molecule has 2 rings (SSSR count). The summed E-state index contributed by atoms with van der Waals surface area (Å²) in [7, 11) is -4.10. The van der Waals surface area contributed by atoms with Crippen molar-refractivity contribution in [1.82, 2.24) is 9.97 Å². The summed E-state index contributed by atoms with van der Waals surface area (Å²) in [4.78, 5) is 18.6. The molecule has 0 bridgehead atoms. The van der Waals surface area contributed by atoms with E-state index in [1.165, 1.54) is 23.9 Å². The number of nitro groups is 1. The lowest BCUT2D eigenvalue weighted by Gasteiger charge is -1.95. The molecule has 0 aliphatic heterocycles. The van der Waals surface area contributed by atoms with Crippen molar-refractivity contribution in [3.8, 4) is 0 Å². The summed E-state index contributed by atoms with van der Waals surface area (Å²) < 4.78 is 30.1. The molecule has 9 nitrogen and oxygen atoms in total. The smallest absolute Gasteiger partial charge is 0.258 e. The molecule has 2 aromatic rings. The van der Waals surface area contributed by atoms with Crippen LogP contribution in [0.1, 0.15) is 11.4 Å². The maximum atomic E-state index is 11.7. The number of aromatic nitrogens is 2.